The topological polar surface area (TPSA) is 141 Å². The second-order valence-electron chi connectivity index (χ2n) is 6.24. The van der Waals surface area contributed by atoms with Crippen LogP contribution in [0.5, 0.6) is 0 Å². The number of carboxylic acid groups (broad SMARTS) is 1. The molecule has 0 spiro atoms. The first kappa shape index (κ1) is 20.5. The van der Waals surface area contributed by atoms with E-state index in [1.807, 2.05) is 18.2 Å². The highest BCUT2D eigenvalue weighted by molar-refractivity contribution is 6.04. The number of benzene rings is 2. The molecule has 0 fully saturated rings. The fourth-order valence-corrected chi connectivity index (χ4v) is 2.84. The summed E-state index contributed by atoms with van der Waals surface area (Å²) < 4.78 is 0. The summed E-state index contributed by atoms with van der Waals surface area (Å²) in [5, 5.41) is 19.6. The summed E-state index contributed by atoms with van der Waals surface area (Å²) >= 11 is 0. The van der Waals surface area contributed by atoms with Crippen LogP contribution >= 0.6 is 0 Å². The molecule has 30 heavy (non-hydrogen) atoms. The molecule has 0 aliphatic heterocycles. The summed E-state index contributed by atoms with van der Waals surface area (Å²) in [7, 11) is 0. The molecule has 0 bridgehead atoms. The van der Waals surface area contributed by atoms with E-state index in [4.69, 9.17) is 5.11 Å². The van der Waals surface area contributed by atoms with Crippen LogP contribution in [0.3, 0.4) is 0 Å². The SMILES string of the molecule is O=C(O)CNC(=O)CNC(=O)c1c(-c2ccccc2)c(-c2ccccc2)n[nH]c1=O. The van der Waals surface area contributed by atoms with Crippen LogP contribution in [0.15, 0.2) is 65.5 Å². The van der Waals surface area contributed by atoms with Gasteiger partial charge in [0, 0.05) is 11.1 Å². The zero-order valence-corrected chi connectivity index (χ0v) is 15.7. The fourth-order valence-electron chi connectivity index (χ4n) is 2.84. The molecular weight excluding hydrogens is 388 g/mol. The first-order valence-corrected chi connectivity index (χ1v) is 8.97. The fraction of sp³-hybridized carbons (Fsp3) is 0.0952. The summed E-state index contributed by atoms with van der Waals surface area (Å²) in [6.45, 7) is -1.05. The van der Waals surface area contributed by atoms with Crippen molar-refractivity contribution in [3.8, 4) is 22.4 Å². The quantitative estimate of drug-likeness (QED) is 0.462. The van der Waals surface area contributed by atoms with Crippen molar-refractivity contribution in [2.24, 2.45) is 0 Å². The van der Waals surface area contributed by atoms with Gasteiger partial charge in [0.25, 0.3) is 11.5 Å². The van der Waals surface area contributed by atoms with Gasteiger partial charge in [0.15, 0.2) is 0 Å². The van der Waals surface area contributed by atoms with Crippen molar-refractivity contribution in [2.45, 2.75) is 0 Å². The van der Waals surface area contributed by atoms with Gasteiger partial charge >= 0.3 is 5.97 Å². The Morgan fingerprint density at radius 3 is 2.07 bits per heavy atom. The number of H-pyrrole nitrogens is 1. The van der Waals surface area contributed by atoms with Crippen LogP contribution in [0.25, 0.3) is 22.4 Å². The third-order valence-corrected chi connectivity index (χ3v) is 4.17. The molecule has 3 aromatic rings. The van der Waals surface area contributed by atoms with Crippen molar-refractivity contribution in [3.05, 3.63) is 76.6 Å². The maximum atomic E-state index is 12.8. The molecule has 4 N–H and O–H groups in total. The van der Waals surface area contributed by atoms with E-state index in [0.717, 1.165) is 0 Å². The lowest BCUT2D eigenvalue weighted by Gasteiger charge is -2.13. The number of rotatable bonds is 7. The number of hydrogen-bond acceptors (Lipinski definition) is 5. The van der Waals surface area contributed by atoms with Gasteiger partial charge in [-0.3, -0.25) is 19.2 Å². The standard InChI is InChI=1S/C21H18N4O5/c26-15(22-12-16(27)28)11-23-20(29)18-17(13-7-3-1-4-8-13)19(24-25-21(18)30)14-9-5-2-6-10-14/h1-10H,11-12H2,(H,22,26)(H,23,29)(H,25,30)(H,27,28). The van der Waals surface area contributed by atoms with Gasteiger partial charge in [0.2, 0.25) is 5.91 Å². The van der Waals surface area contributed by atoms with Crippen molar-refractivity contribution in [2.75, 3.05) is 13.1 Å². The van der Waals surface area contributed by atoms with Crippen molar-refractivity contribution < 1.29 is 19.5 Å². The van der Waals surface area contributed by atoms with Gasteiger partial charge in [-0.05, 0) is 5.56 Å². The second kappa shape index (κ2) is 9.28. The molecule has 2 aromatic carbocycles. The predicted octanol–water partition coefficient (Wildman–Crippen LogP) is 1.03. The number of amides is 2. The summed E-state index contributed by atoms with van der Waals surface area (Å²) in [5.74, 6) is -2.68. The summed E-state index contributed by atoms with van der Waals surface area (Å²) in [5.41, 5.74) is 1.13. The molecule has 0 atom stereocenters. The number of nitrogens with one attached hydrogen (secondary N) is 3. The van der Waals surface area contributed by atoms with Crippen LogP contribution < -0.4 is 16.2 Å². The first-order valence-electron chi connectivity index (χ1n) is 8.97. The Bertz CT molecular complexity index is 1130. The van der Waals surface area contributed by atoms with E-state index in [1.165, 1.54) is 0 Å². The first-order chi connectivity index (χ1) is 14.5. The summed E-state index contributed by atoms with van der Waals surface area (Å²) in [6.07, 6.45) is 0. The molecule has 0 unspecified atom stereocenters. The van der Waals surface area contributed by atoms with Crippen molar-refractivity contribution in [1.29, 1.82) is 0 Å². The van der Waals surface area contributed by atoms with Crippen LogP contribution in [0.2, 0.25) is 0 Å². The monoisotopic (exact) mass is 406 g/mol. The van der Waals surface area contributed by atoms with E-state index >= 15 is 0 Å². The minimum atomic E-state index is -1.21. The Kier molecular flexibility index (Phi) is 6.33. The summed E-state index contributed by atoms with van der Waals surface area (Å²) in [4.78, 5) is 47.6. The number of carbonyl (C=O) groups excluding carboxylic acids is 2. The highest BCUT2D eigenvalue weighted by atomic mass is 16.4. The molecular formula is C21H18N4O5. The maximum Gasteiger partial charge on any atom is 0.322 e. The Balaban J connectivity index is 2.01. The summed E-state index contributed by atoms with van der Waals surface area (Å²) in [6, 6.07) is 17.9. The Morgan fingerprint density at radius 1 is 0.867 bits per heavy atom. The maximum absolute atomic E-state index is 12.8. The zero-order chi connectivity index (χ0) is 21.5. The molecule has 3 rings (SSSR count). The van der Waals surface area contributed by atoms with E-state index in [-0.39, 0.29) is 5.56 Å². The minimum absolute atomic E-state index is 0.193. The Hall–Kier alpha value is -4.27. The third-order valence-electron chi connectivity index (χ3n) is 4.17. The van der Waals surface area contributed by atoms with Gasteiger partial charge in [0.1, 0.15) is 12.1 Å². The number of aromatic nitrogens is 2. The van der Waals surface area contributed by atoms with Crippen LogP contribution in [0.1, 0.15) is 10.4 Å². The molecule has 9 nitrogen and oxygen atoms in total. The highest BCUT2D eigenvalue weighted by Crippen LogP contribution is 2.31. The van der Waals surface area contributed by atoms with Crippen LogP contribution in [0, 0.1) is 0 Å². The lowest BCUT2D eigenvalue weighted by Crippen LogP contribution is -2.40. The number of carbonyl (C=O) groups is 3. The second-order valence-corrected chi connectivity index (χ2v) is 6.24. The normalized spacial score (nSPS) is 10.3. The predicted molar refractivity (Wildman–Crippen MR) is 109 cm³/mol. The van der Waals surface area contributed by atoms with Gasteiger partial charge in [-0.2, -0.15) is 5.10 Å². The van der Waals surface area contributed by atoms with Crippen molar-refractivity contribution in [3.63, 3.8) is 0 Å². The largest absolute Gasteiger partial charge is 0.480 e. The van der Waals surface area contributed by atoms with Crippen molar-refractivity contribution >= 4 is 17.8 Å². The van der Waals surface area contributed by atoms with E-state index in [1.54, 1.807) is 42.5 Å². The molecule has 1 aromatic heterocycles. The van der Waals surface area contributed by atoms with Gasteiger partial charge in [-0.15, -0.1) is 0 Å². The molecule has 0 saturated carbocycles. The molecule has 2 amide bonds. The van der Waals surface area contributed by atoms with E-state index in [0.29, 0.717) is 22.4 Å². The zero-order valence-electron chi connectivity index (χ0n) is 15.7. The third kappa shape index (κ3) is 4.76. The van der Waals surface area contributed by atoms with Crippen LogP contribution in [-0.2, 0) is 9.59 Å². The van der Waals surface area contributed by atoms with Gasteiger partial charge in [-0.25, -0.2) is 5.10 Å². The molecule has 0 radical (unpaired) electrons. The number of hydrogen-bond donors (Lipinski definition) is 4. The number of nitrogens with zero attached hydrogens (tertiary/aromatic N) is 1. The average molecular weight is 406 g/mol. The van der Waals surface area contributed by atoms with E-state index in [9.17, 15) is 19.2 Å². The highest BCUT2D eigenvalue weighted by Gasteiger charge is 2.23. The molecule has 0 aliphatic carbocycles. The molecule has 9 heteroatoms. The van der Waals surface area contributed by atoms with Gasteiger partial charge < -0.3 is 15.7 Å². The Labute approximate surface area is 170 Å². The van der Waals surface area contributed by atoms with Crippen molar-refractivity contribution in [1.82, 2.24) is 20.8 Å². The lowest BCUT2D eigenvalue weighted by molar-refractivity contribution is -0.137. The smallest absolute Gasteiger partial charge is 0.322 e. The van der Waals surface area contributed by atoms with Crippen LogP contribution in [-0.4, -0.2) is 46.2 Å². The molecule has 0 saturated heterocycles. The Morgan fingerprint density at radius 2 is 1.47 bits per heavy atom. The minimum Gasteiger partial charge on any atom is -0.480 e. The molecule has 1 heterocycles. The number of carboxylic acids is 1. The van der Waals surface area contributed by atoms with E-state index < -0.39 is 36.4 Å². The number of aromatic amines is 1. The average Bonchev–Trinajstić information content (AvgIpc) is 2.77. The van der Waals surface area contributed by atoms with Gasteiger partial charge in [0.05, 0.1) is 12.2 Å². The lowest BCUT2D eigenvalue weighted by atomic mass is 9.95. The molecule has 0 aliphatic rings. The van der Waals surface area contributed by atoms with Crippen LogP contribution in [0.4, 0.5) is 0 Å². The van der Waals surface area contributed by atoms with E-state index in [2.05, 4.69) is 20.8 Å². The van der Waals surface area contributed by atoms with Gasteiger partial charge in [-0.1, -0.05) is 60.7 Å². The number of aliphatic carboxylic acids is 1. The molecule has 152 valence electrons.